The highest BCUT2D eigenvalue weighted by Crippen LogP contribution is 1.75. The van der Waals surface area contributed by atoms with Gasteiger partial charge >= 0.3 is 0 Å². The molecule has 0 aromatic rings. The second kappa shape index (κ2) is 3.86. The van der Waals surface area contributed by atoms with Crippen LogP contribution < -0.4 is 0 Å². The van der Waals surface area contributed by atoms with E-state index in [1.807, 2.05) is 13.5 Å². The third-order valence-electron chi connectivity index (χ3n) is 0.594. The molecule has 0 aromatic carbocycles. The molecule has 0 saturated carbocycles. The first kappa shape index (κ1) is 6.69. The first-order valence-corrected chi connectivity index (χ1v) is 4.59. The molecule has 0 aromatic heterocycles. The Balaban J connectivity index is 3.00. The molecule has 0 saturated heterocycles. The fourth-order valence-corrected chi connectivity index (χ4v) is 0.671. The van der Waals surface area contributed by atoms with Crippen molar-refractivity contribution in [2.45, 2.75) is 13.5 Å². The Morgan fingerprint density at radius 1 is 1.86 bits per heavy atom. The maximum absolute atomic E-state index is 10.3. The minimum absolute atomic E-state index is 0.0162. The van der Waals surface area contributed by atoms with Crippen molar-refractivity contribution in [3.8, 4) is 0 Å². The van der Waals surface area contributed by atoms with E-state index in [1.165, 1.54) is 0 Å². The molecule has 0 aliphatic heterocycles. The SMILES string of the molecule is CCOC(=O)[SiH2]C. The molecule has 0 fully saturated rings. The monoisotopic (exact) mass is 118 g/mol. The van der Waals surface area contributed by atoms with Crippen molar-refractivity contribution < 1.29 is 9.53 Å². The van der Waals surface area contributed by atoms with E-state index in [-0.39, 0.29) is 5.59 Å². The lowest BCUT2D eigenvalue weighted by Gasteiger charge is -1.93. The van der Waals surface area contributed by atoms with E-state index < -0.39 is 9.52 Å². The van der Waals surface area contributed by atoms with Gasteiger partial charge in [0.15, 0.2) is 9.52 Å². The van der Waals surface area contributed by atoms with Gasteiger partial charge in [0.05, 0.1) is 6.61 Å². The Bertz CT molecular complexity index is 62.7. The van der Waals surface area contributed by atoms with E-state index in [4.69, 9.17) is 0 Å². The van der Waals surface area contributed by atoms with Gasteiger partial charge in [-0.2, -0.15) is 0 Å². The van der Waals surface area contributed by atoms with E-state index in [1.54, 1.807) is 0 Å². The molecule has 0 aliphatic rings. The predicted molar refractivity (Wildman–Crippen MR) is 31.4 cm³/mol. The molecule has 2 nitrogen and oxygen atoms in total. The number of ether oxygens (including phenoxy) is 1. The average molecular weight is 118 g/mol. The highest BCUT2D eigenvalue weighted by molar-refractivity contribution is 6.70. The van der Waals surface area contributed by atoms with Gasteiger partial charge in [-0.05, 0) is 6.92 Å². The third kappa shape index (κ3) is 3.52. The topological polar surface area (TPSA) is 26.3 Å². The van der Waals surface area contributed by atoms with E-state index in [2.05, 4.69) is 4.74 Å². The summed E-state index contributed by atoms with van der Waals surface area (Å²) in [6, 6.07) is 0. The number of hydrogen-bond acceptors (Lipinski definition) is 2. The zero-order chi connectivity index (χ0) is 5.70. The summed E-state index contributed by atoms with van der Waals surface area (Å²) in [6.07, 6.45) is 0. The molecule has 7 heavy (non-hydrogen) atoms. The lowest BCUT2D eigenvalue weighted by Crippen LogP contribution is -2.06. The third-order valence-corrected chi connectivity index (χ3v) is 1.38. The van der Waals surface area contributed by atoms with Gasteiger partial charge in [-0.25, -0.2) is 0 Å². The van der Waals surface area contributed by atoms with Crippen LogP contribution in [0, 0.1) is 0 Å². The van der Waals surface area contributed by atoms with E-state index in [0.29, 0.717) is 6.61 Å². The van der Waals surface area contributed by atoms with Crippen LogP contribution in [0.3, 0.4) is 0 Å². The Kier molecular flexibility index (Phi) is 3.69. The summed E-state index contributed by atoms with van der Waals surface area (Å²) in [5.41, 5.74) is 0.0162. The molecule has 0 radical (unpaired) electrons. The van der Waals surface area contributed by atoms with Crippen LogP contribution in [0.1, 0.15) is 6.92 Å². The van der Waals surface area contributed by atoms with Crippen molar-refractivity contribution in [2.24, 2.45) is 0 Å². The van der Waals surface area contributed by atoms with Crippen molar-refractivity contribution in [3.05, 3.63) is 0 Å². The minimum atomic E-state index is -0.534. The maximum atomic E-state index is 10.3. The molecule has 0 bridgehead atoms. The van der Waals surface area contributed by atoms with Gasteiger partial charge in [-0.3, -0.25) is 4.79 Å². The smallest absolute Gasteiger partial charge is 0.263 e. The Hall–Kier alpha value is -0.313. The van der Waals surface area contributed by atoms with Crippen molar-refractivity contribution in [1.82, 2.24) is 0 Å². The normalized spacial score (nSPS) is 10.0. The average Bonchev–Trinajstić information content (AvgIpc) is 1.68. The highest BCUT2D eigenvalue weighted by Gasteiger charge is 1.91. The summed E-state index contributed by atoms with van der Waals surface area (Å²) >= 11 is 0. The van der Waals surface area contributed by atoms with Gasteiger partial charge in [0.25, 0.3) is 5.59 Å². The molecule has 0 heterocycles. The fourth-order valence-electron chi connectivity index (χ4n) is 0.263. The van der Waals surface area contributed by atoms with Crippen LogP contribution in [0.4, 0.5) is 4.79 Å². The van der Waals surface area contributed by atoms with E-state index >= 15 is 0 Å². The van der Waals surface area contributed by atoms with Crippen LogP contribution in [0.5, 0.6) is 0 Å². The summed E-state index contributed by atoms with van der Waals surface area (Å²) in [4.78, 5) is 10.3. The van der Waals surface area contributed by atoms with Crippen molar-refractivity contribution in [3.63, 3.8) is 0 Å². The van der Waals surface area contributed by atoms with Crippen LogP contribution in [0.2, 0.25) is 6.55 Å². The fraction of sp³-hybridized carbons (Fsp3) is 0.750. The Morgan fingerprint density at radius 2 is 2.43 bits per heavy atom. The predicted octanol–water partition coefficient (Wildman–Crippen LogP) is 0.360. The second-order valence-corrected chi connectivity index (χ2v) is 2.44. The summed E-state index contributed by atoms with van der Waals surface area (Å²) in [5.74, 6) is 0. The molecule has 0 spiro atoms. The second-order valence-electron chi connectivity index (χ2n) is 1.16. The van der Waals surface area contributed by atoms with E-state index in [0.717, 1.165) is 0 Å². The Labute approximate surface area is 45.7 Å². The molecule has 0 aliphatic carbocycles. The molecular weight excluding hydrogens is 108 g/mol. The lowest BCUT2D eigenvalue weighted by atomic mass is 10.9. The van der Waals surface area contributed by atoms with Crippen molar-refractivity contribution in [1.29, 1.82) is 0 Å². The minimum Gasteiger partial charge on any atom is -0.471 e. The lowest BCUT2D eigenvalue weighted by molar-refractivity contribution is 0.179. The molecule has 3 heteroatoms. The molecule has 0 amide bonds. The summed E-state index contributed by atoms with van der Waals surface area (Å²) in [7, 11) is -0.534. The van der Waals surface area contributed by atoms with Crippen molar-refractivity contribution in [2.75, 3.05) is 6.61 Å². The number of carbonyl (C=O) groups excluding carboxylic acids is 1. The molecule has 0 atom stereocenters. The number of rotatable bonds is 2. The van der Waals surface area contributed by atoms with Crippen LogP contribution in [0.25, 0.3) is 0 Å². The standard InChI is InChI=1S/C4H10O2Si/c1-3-6-4(5)7-2/h3,7H2,1-2H3. The molecule has 0 N–H and O–H groups in total. The van der Waals surface area contributed by atoms with Gasteiger partial charge in [-0.1, -0.05) is 6.55 Å². The van der Waals surface area contributed by atoms with Gasteiger partial charge in [0, 0.05) is 0 Å². The van der Waals surface area contributed by atoms with Gasteiger partial charge < -0.3 is 4.74 Å². The van der Waals surface area contributed by atoms with Crippen LogP contribution in [-0.4, -0.2) is 21.7 Å². The van der Waals surface area contributed by atoms with Crippen molar-refractivity contribution >= 4 is 15.1 Å². The largest absolute Gasteiger partial charge is 0.471 e. The number of carbonyl (C=O) groups is 1. The van der Waals surface area contributed by atoms with Crippen LogP contribution in [-0.2, 0) is 4.74 Å². The quantitative estimate of drug-likeness (QED) is 0.489. The maximum Gasteiger partial charge on any atom is 0.263 e. The van der Waals surface area contributed by atoms with Crippen LogP contribution in [0.15, 0.2) is 0 Å². The molecule has 0 unspecified atom stereocenters. The van der Waals surface area contributed by atoms with Gasteiger partial charge in [-0.15, -0.1) is 0 Å². The van der Waals surface area contributed by atoms with Crippen LogP contribution >= 0.6 is 0 Å². The first-order chi connectivity index (χ1) is 3.31. The molecule has 42 valence electrons. The van der Waals surface area contributed by atoms with Gasteiger partial charge in [0.1, 0.15) is 0 Å². The highest BCUT2D eigenvalue weighted by atomic mass is 28.2. The zero-order valence-electron chi connectivity index (χ0n) is 4.73. The summed E-state index contributed by atoms with van der Waals surface area (Å²) in [5, 5.41) is 0. The summed E-state index contributed by atoms with van der Waals surface area (Å²) in [6.45, 7) is 4.26. The first-order valence-electron chi connectivity index (χ1n) is 2.46. The van der Waals surface area contributed by atoms with E-state index in [9.17, 15) is 4.79 Å². The summed E-state index contributed by atoms with van der Waals surface area (Å²) < 4.78 is 4.61. The number of hydrogen-bond donors (Lipinski definition) is 0. The molecular formula is C4H10O2Si. The Morgan fingerprint density at radius 3 is 2.57 bits per heavy atom. The zero-order valence-corrected chi connectivity index (χ0v) is 6.14. The molecule has 0 rings (SSSR count). The van der Waals surface area contributed by atoms with Gasteiger partial charge in [0.2, 0.25) is 0 Å².